The maximum Gasteiger partial charge on any atom is 0.335 e. The quantitative estimate of drug-likeness (QED) is 0.134. The van der Waals surface area contributed by atoms with E-state index in [2.05, 4.69) is 10.6 Å². The molecule has 2 aromatic carbocycles. The first-order valence-corrected chi connectivity index (χ1v) is 20.9. The van der Waals surface area contributed by atoms with Crippen LogP contribution in [0.5, 0.6) is 11.5 Å². The summed E-state index contributed by atoms with van der Waals surface area (Å²) in [5.74, 6) is -2.11. The van der Waals surface area contributed by atoms with Crippen LogP contribution in [0.15, 0.2) is 36.4 Å². The molecule has 0 bridgehead atoms. The van der Waals surface area contributed by atoms with Crippen LogP contribution in [0.4, 0.5) is 11.4 Å². The topological polar surface area (TPSA) is 272 Å². The molecule has 0 amide bonds. The summed E-state index contributed by atoms with van der Waals surface area (Å²) < 4.78 is 33.2. The number of ether oxygens (including phenoxy) is 6. The number of hydrogen-bond acceptors (Lipinski definition) is 17. The van der Waals surface area contributed by atoms with Crippen LogP contribution in [-0.2, 0) is 46.5 Å². The number of aliphatic hydroxyl groups is 6. The van der Waals surface area contributed by atoms with Crippen LogP contribution < -0.4 is 20.1 Å². The SMILES string of the molecule is C.CC(C)(C)Nc1cc(COC(=O)C(C)(C)C)ccc1OC1OC(CO)C(O)C(O)C1O.CC1C(O)C(Oc2ccc(COC(=O)C(C)(C)C)cc2NC(C)(C)C)OC(C(=O)O)C1O. The van der Waals surface area contributed by atoms with E-state index in [1.54, 1.807) is 77.9 Å². The molecule has 0 radical (unpaired) electrons. The van der Waals surface area contributed by atoms with E-state index in [4.69, 9.17) is 28.4 Å². The smallest absolute Gasteiger partial charge is 0.335 e. The van der Waals surface area contributed by atoms with Gasteiger partial charge < -0.3 is 74.8 Å². The number of rotatable bonds is 12. The van der Waals surface area contributed by atoms with Crippen molar-refractivity contribution in [2.24, 2.45) is 16.7 Å². The first kappa shape index (κ1) is 55.9. The van der Waals surface area contributed by atoms with E-state index in [1.807, 2.05) is 41.5 Å². The molecule has 364 valence electrons. The Bertz CT molecular complexity index is 1840. The van der Waals surface area contributed by atoms with Crippen LogP contribution in [0.3, 0.4) is 0 Å². The number of carboxylic acid groups (broad SMARTS) is 1. The third kappa shape index (κ3) is 16.0. The van der Waals surface area contributed by atoms with Gasteiger partial charge in [0.1, 0.15) is 55.2 Å². The van der Waals surface area contributed by atoms with Crippen molar-refractivity contribution in [1.82, 2.24) is 0 Å². The highest BCUT2D eigenvalue weighted by Crippen LogP contribution is 2.35. The summed E-state index contributed by atoms with van der Waals surface area (Å²) in [6, 6.07) is 10.2. The molecule has 18 nitrogen and oxygen atoms in total. The fourth-order valence-corrected chi connectivity index (χ4v) is 6.02. The van der Waals surface area contributed by atoms with Gasteiger partial charge in [0.05, 0.1) is 34.9 Å². The van der Waals surface area contributed by atoms with Crippen molar-refractivity contribution >= 4 is 29.3 Å². The van der Waals surface area contributed by atoms with Crippen molar-refractivity contribution in [3.8, 4) is 11.5 Å². The summed E-state index contributed by atoms with van der Waals surface area (Å²) >= 11 is 0. The second kappa shape index (κ2) is 22.3. The van der Waals surface area contributed by atoms with E-state index in [1.165, 1.54) is 6.92 Å². The molecule has 64 heavy (non-hydrogen) atoms. The molecule has 2 aliphatic heterocycles. The Hall–Kier alpha value is -4.27. The number of aliphatic carboxylic acids is 1. The average molecular weight is 911 g/mol. The van der Waals surface area contributed by atoms with Crippen molar-refractivity contribution in [2.75, 3.05) is 17.2 Å². The number of esters is 2. The third-order valence-corrected chi connectivity index (χ3v) is 9.60. The molecule has 2 fully saturated rings. The minimum Gasteiger partial charge on any atom is -0.479 e. The molecule has 0 aliphatic carbocycles. The van der Waals surface area contributed by atoms with Gasteiger partial charge in [-0.2, -0.15) is 0 Å². The number of benzene rings is 2. The summed E-state index contributed by atoms with van der Waals surface area (Å²) in [6.45, 7) is 23.5. The average Bonchev–Trinajstić information content (AvgIpc) is 3.16. The van der Waals surface area contributed by atoms with E-state index >= 15 is 0 Å². The Morgan fingerprint density at radius 1 is 0.609 bits per heavy atom. The van der Waals surface area contributed by atoms with Crippen LogP contribution >= 0.6 is 0 Å². The fourth-order valence-electron chi connectivity index (χ4n) is 6.02. The van der Waals surface area contributed by atoms with Gasteiger partial charge in [0.2, 0.25) is 12.6 Å². The van der Waals surface area contributed by atoms with Gasteiger partial charge in [-0.05, 0) is 118 Å². The van der Waals surface area contributed by atoms with Crippen molar-refractivity contribution in [3.05, 3.63) is 47.5 Å². The van der Waals surface area contributed by atoms with Crippen molar-refractivity contribution in [1.29, 1.82) is 0 Å². The number of carboxylic acids is 1. The molecular formula is C46H74N2O16. The molecule has 2 aromatic rings. The number of carbonyl (C=O) groups excluding carboxylic acids is 2. The number of carbonyl (C=O) groups is 3. The van der Waals surface area contributed by atoms with Crippen LogP contribution in [0.2, 0.25) is 0 Å². The van der Waals surface area contributed by atoms with Gasteiger partial charge in [-0.1, -0.05) is 26.5 Å². The molecule has 18 heteroatoms. The zero-order chi connectivity index (χ0) is 48.0. The van der Waals surface area contributed by atoms with Crippen LogP contribution in [0.25, 0.3) is 0 Å². The maximum atomic E-state index is 12.1. The third-order valence-electron chi connectivity index (χ3n) is 9.60. The standard InChI is InChI=1S/C23H35NO8.C22H35NO8.CH4/c1-12-16(25)18(19(27)28)32-20(17(12)26)31-15-9-8-13(10-14(15)24-23(5,6)7)11-30-21(29)22(2,3)4;1-21(2,3)20(28)29-11-12-7-8-14(13(9-12)23-22(4,5)6)30-19-18(27)17(26)16(25)15(10-24)31-19;/h8-10,12,16-18,20,24-26H,11H2,1-7H3,(H,27,28);7-9,15-19,23-27H,10-11H2,1-6H3;1H4. The molecule has 0 aromatic heterocycles. The lowest BCUT2D eigenvalue weighted by atomic mass is 9.90. The molecule has 0 saturated carbocycles. The molecule has 4 rings (SSSR count). The van der Waals surface area contributed by atoms with Gasteiger partial charge in [-0.15, -0.1) is 0 Å². The normalized spacial score (nSPS) is 26.2. The van der Waals surface area contributed by atoms with Crippen molar-refractivity contribution in [3.63, 3.8) is 0 Å². The van der Waals surface area contributed by atoms with Gasteiger partial charge in [-0.25, -0.2) is 4.79 Å². The second-order valence-corrected chi connectivity index (χ2v) is 20.1. The summed E-state index contributed by atoms with van der Waals surface area (Å²) in [5.41, 5.74) is 0.651. The van der Waals surface area contributed by atoms with E-state index in [9.17, 15) is 50.1 Å². The Morgan fingerprint density at radius 2 is 1.02 bits per heavy atom. The highest BCUT2D eigenvalue weighted by Gasteiger charge is 2.47. The Balaban J connectivity index is 0.000000434. The van der Waals surface area contributed by atoms with Crippen molar-refractivity contribution in [2.45, 2.75) is 177 Å². The van der Waals surface area contributed by atoms with Crippen LogP contribution in [0, 0.1) is 16.7 Å². The first-order chi connectivity index (χ1) is 28.8. The predicted octanol–water partition coefficient (Wildman–Crippen LogP) is 4.33. The van der Waals surface area contributed by atoms with Gasteiger partial charge in [0.15, 0.2) is 6.10 Å². The lowest BCUT2D eigenvalue weighted by Gasteiger charge is -2.40. The summed E-state index contributed by atoms with van der Waals surface area (Å²) in [5, 5.41) is 76.1. The van der Waals surface area contributed by atoms with E-state index < -0.39 is 84.6 Å². The summed E-state index contributed by atoms with van der Waals surface area (Å²) in [4.78, 5) is 35.6. The molecule has 10 unspecified atom stereocenters. The second-order valence-electron chi connectivity index (χ2n) is 20.1. The predicted molar refractivity (Wildman–Crippen MR) is 237 cm³/mol. The molecule has 10 atom stereocenters. The van der Waals surface area contributed by atoms with Gasteiger partial charge in [0.25, 0.3) is 0 Å². The fraction of sp³-hybridized carbons (Fsp3) is 0.674. The monoisotopic (exact) mass is 911 g/mol. The highest BCUT2D eigenvalue weighted by molar-refractivity contribution is 5.76. The van der Waals surface area contributed by atoms with Gasteiger partial charge in [0, 0.05) is 17.0 Å². The van der Waals surface area contributed by atoms with Crippen molar-refractivity contribution < 1.29 is 78.6 Å². The van der Waals surface area contributed by atoms with Gasteiger partial charge >= 0.3 is 17.9 Å². The van der Waals surface area contributed by atoms with E-state index in [0.717, 1.165) is 11.1 Å². The molecular weight excluding hydrogens is 837 g/mol. The minimum absolute atomic E-state index is 0. The number of hydrogen-bond donors (Lipinski definition) is 9. The summed E-state index contributed by atoms with van der Waals surface area (Å²) in [6.07, 6.45) is -12.3. The first-order valence-electron chi connectivity index (χ1n) is 20.9. The number of anilines is 2. The lowest BCUT2D eigenvalue weighted by Crippen LogP contribution is -2.60. The Morgan fingerprint density at radius 3 is 1.38 bits per heavy atom. The summed E-state index contributed by atoms with van der Waals surface area (Å²) in [7, 11) is 0. The molecule has 9 N–H and O–H groups in total. The van der Waals surface area contributed by atoms with E-state index in [-0.39, 0.29) is 43.7 Å². The number of aliphatic hydroxyl groups excluding tert-OH is 6. The zero-order valence-electron chi connectivity index (χ0n) is 38.7. The maximum absolute atomic E-state index is 12.1. The van der Waals surface area contributed by atoms with Crippen LogP contribution in [0.1, 0.15) is 109 Å². The molecule has 2 aliphatic rings. The largest absolute Gasteiger partial charge is 0.479 e. The van der Waals surface area contributed by atoms with Gasteiger partial charge in [-0.3, -0.25) is 9.59 Å². The van der Waals surface area contributed by atoms with Crippen LogP contribution in [-0.4, -0.2) is 127 Å². The van der Waals surface area contributed by atoms with E-state index in [0.29, 0.717) is 22.9 Å². The molecule has 0 spiro atoms. The Labute approximate surface area is 377 Å². The molecule has 2 saturated heterocycles. The lowest BCUT2D eigenvalue weighted by molar-refractivity contribution is -0.277. The Kier molecular flexibility index (Phi) is 19.4. The zero-order valence-corrected chi connectivity index (χ0v) is 38.7. The minimum atomic E-state index is -1.54. The molecule has 2 heterocycles. The highest BCUT2D eigenvalue weighted by atomic mass is 16.7. The number of nitrogens with one attached hydrogen (secondary N) is 2.